The summed E-state index contributed by atoms with van der Waals surface area (Å²) in [6, 6.07) is 7.97. The summed E-state index contributed by atoms with van der Waals surface area (Å²) in [5, 5.41) is 9.40. The lowest BCUT2D eigenvalue weighted by Gasteiger charge is -2.27. The predicted molar refractivity (Wildman–Crippen MR) is 73.0 cm³/mol. The average Bonchev–Trinajstić information content (AvgIpc) is 2.76. The van der Waals surface area contributed by atoms with Crippen LogP contribution in [0, 0.1) is 5.92 Å². The van der Waals surface area contributed by atoms with Crippen LogP contribution in [0.5, 0.6) is 0 Å². The quantitative estimate of drug-likeness (QED) is 0.901. The third kappa shape index (κ3) is 2.01. The summed E-state index contributed by atoms with van der Waals surface area (Å²) in [5.41, 5.74) is 2.03. The van der Waals surface area contributed by atoms with Gasteiger partial charge in [0.15, 0.2) is 0 Å². The summed E-state index contributed by atoms with van der Waals surface area (Å²) in [7, 11) is 1.98. The van der Waals surface area contributed by atoms with Crippen LogP contribution in [-0.2, 0) is 11.8 Å². The maximum Gasteiger partial charge on any atom is 0.307 e. The van der Waals surface area contributed by atoms with Crippen LogP contribution < -0.4 is 0 Å². The van der Waals surface area contributed by atoms with Crippen LogP contribution in [0.15, 0.2) is 24.3 Å². The molecule has 0 bridgehead atoms. The molecule has 2 aromatic rings. The summed E-state index contributed by atoms with van der Waals surface area (Å²) in [6.07, 6.45) is 3.80. The molecular formula is C15H18N2O2. The highest BCUT2D eigenvalue weighted by atomic mass is 16.4. The van der Waals surface area contributed by atoms with E-state index in [0.717, 1.165) is 42.5 Å². The van der Waals surface area contributed by atoms with Crippen molar-refractivity contribution in [3.8, 4) is 0 Å². The Hall–Kier alpha value is -1.84. The van der Waals surface area contributed by atoms with Crippen LogP contribution in [0.4, 0.5) is 0 Å². The number of rotatable bonds is 2. The van der Waals surface area contributed by atoms with E-state index < -0.39 is 5.97 Å². The van der Waals surface area contributed by atoms with Crippen LogP contribution in [0.2, 0.25) is 0 Å². The van der Waals surface area contributed by atoms with Gasteiger partial charge in [-0.05, 0) is 25.0 Å². The highest BCUT2D eigenvalue weighted by molar-refractivity contribution is 5.76. The zero-order valence-corrected chi connectivity index (χ0v) is 11.0. The normalized spacial score (nSPS) is 23.6. The molecule has 1 aromatic carbocycles. The number of aromatic nitrogens is 2. The van der Waals surface area contributed by atoms with E-state index in [4.69, 9.17) is 0 Å². The summed E-state index contributed by atoms with van der Waals surface area (Å²) in [5.74, 6) is -0.00188. The number of hydrogen-bond acceptors (Lipinski definition) is 2. The Morgan fingerprint density at radius 3 is 2.79 bits per heavy atom. The van der Waals surface area contributed by atoms with Gasteiger partial charge in [0.2, 0.25) is 0 Å². The summed E-state index contributed by atoms with van der Waals surface area (Å²) >= 11 is 0. The number of fused-ring (bicyclic) bond motifs is 1. The van der Waals surface area contributed by atoms with E-state index in [1.165, 1.54) is 0 Å². The minimum Gasteiger partial charge on any atom is -0.481 e. The third-order valence-electron chi connectivity index (χ3n) is 4.24. The molecule has 1 fully saturated rings. The van der Waals surface area contributed by atoms with Gasteiger partial charge in [0.25, 0.3) is 0 Å². The number of carbonyl (C=O) groups is 1. The Morgan fingerprint density at radius 2 is 2.05 bits per heavy atom. The molecule has 0 unspecified atom stereocenters. The molecule has 0 saturated heterocycles. The molecule has 1 N–H and O–H groups in total. The first kappa shape index (κ1) is 12.2. The number of hydrogen-bond donors (Lipinski definition) is 1. The second-order valence-corrected chi connectivity index (χ2v) is 5.35. The SMILES string of the molecule is Cn1c([C@H]2CCCC[C@@H]2C(=O)O)nc2ccccc21. The van der Waals surface area contributed by atoms with Gasteiger partial charge in [0.05, 0.1) is 17.0 Å². The Bertz CT molecular complexity index is 618. The number of carboxylic acids is 1. The fourth-order valence-electron chi connectivity index (χ4n) is 3.23. The molecule has 4 nitrogen and oxygen atoms in total. The standard InChI is InChI=1S/C15H18N2O2/c1-17-13-9-5-4-8-12(13)16-14(17)10-6-2-3-7-11(10)15(18)19/h4-5,8-11H,2-3,6-7H2,1H3,(H,18,19)/t10-,11-/m0/s1. The van der Waals surface area contributed by atoms with E-state index in [0.29, 0.717) is 0 Å². The van der Waals surface area contributed by atoms with Crippen molar-refractivity contribution in [1.29, 1.82) is 0 Å². The van der Waals surface area contributed by atoms with Gasteiger partial charge in [0.1, 0.15) is 5.82 Å². The monoisotopic (exact) mass is 258 g/mol. The number of carboxylic acid groups (broad SMARTS) is 1. The van der Waals surface area contributed by atoms with Gasteiger partial charge in [-0.1, -0.05) is 25.0 Å². The minimum absolute atomic E-state index is 0.0450. The number of imidazole rings is 1. The Balaban J connectivity index is 2.07. The fraction of sp³-hybridized carbons (Fsp3) is 0.467. The maximum atomic E-state index is 11.4. The predicted octanol–water partition coefficient (Wildman–Crippen LogP) is 2.93. The molecule has 0 aliphatic heterocycles. The van der Waals surface area contributed by atoms with Crippen molar-refractivity contribution < 1.29 is 9.90 Å². The highest BCUT2D eigenvalue weighted by Crippen LogP contribution is 2.38. The van der Waals surface area contributed by atoms with Gasteiger partial charge in [-0.25, -0.2) is 4.98 Å². The van der Waals surface area contributed by atoms with Crippen LogP contribution in [-0.4, -0.2) is 20.6 Å². The van der Waals surface area contributed by atoms with E-state index in [1.54, 1.807) is 0 Å². The summed E-state index contributed by atoms with van der Waals surface area (Å²) < 4.78 is 2.06. The van der Waals surface area contributed by atoms with Crippen molar-refractivity contribution in [2.45, 2.75) is 31.6 Å². The van der Waals surface area contributed by atoms with Gasteiger partial charge in [0, 0.05) is 13.0 Å². The zero-order chi connectivity index (χ0) is 13.4. The first-order chi connectivity index (χ1) is 9.18. The molecule has 1 aliphatic rings. The molecule has 19 heavy (non-hydrogen) atoms. The number of aryl methyl sites for hydroxylation is 1. The minimum atomic E-state index is -0.684. The number of nitrogens with zero attached hydrogens (tertiary/aromatic N) is 2. The average molecular weight is 258 g/mol. The van der Waals surface area contributed by atoms with E-state index >= 15 is 0 Å². The van der Waals surface area contributed by atoms with E-state index in [1.807, 2.05) is 31.3 Å². The summed E-state index contributed by atoms with van der Waals surface area (Å²) in [6.45, 7) is 0. The van der Waals surface area contributed by atoms with Gasteiger partial charge < -0.3 is 9.67 Å². The summed E-state index contributed by atoms with van der Waals surface area (Å²) in [4.78, 5) is 16.1. The van der Waals surface area contributed by atoms with Crippen molar-refractivity contribution in [2.75, 3.05) is 0 Å². The molecule has 100 valence electrons. The van der Waals surface area contributed by atoms with Crippen LogP contribution >= 0.6 is 0 Å². The fourth-order valence-corrected chi connectivity index (χ4v) is 3.23. The Labute approximate surface area is 112 Å². The topological polar surface area (TPSA) is 55.1 Å². The molecule has 4 heteroatoms. The second-order valence-electron chi connectivity index (χ2n) is 5.35. The smallest absolute Gasteiger partial charge is 0.307 e. The molecule has 3 rings (SSSR count). The van der Waals surface area contributed by atoms with Gasteiger partial charge >= 0.3 is 5.97 Å². The van der Waals surface area contributed by atoms with Crippen LogP contribution in [0.1, 0.15) is 37.4 Å². The maximum absolute atomic E-state index is 11.4. The van der Waals surface area contributed by atoms with Crippen molar-refractivity contribution in [3.63, 3.8) is 0 Å². The largest absolute Gasteiger partial charge is 0.481 e. The van der Waals surface area contributed by atoms with Gasteiger partial charge in [-0.15, -0.1) is 0 Å². The molecule has 1 aliphatic carbocycles. The first-order valence-electron chi connectivity index (χ1n) is 6.82. The van der Waals surface area contributed by atoms with Crippen molar-refractivity contribution >= 4 is 17.0 Å². The number of para-hydroxylation sites is 2. The van der Waals surface area contributed by atoms with Crippen molar-refractivity contribution in [3.05, 3.63) is 30.1 Å². The lowest BCUT2D eigenvalue weighted by atomic mass is 9.79. The molecule has 1 heterocycles. The first-order valence-corrected chi connectivity index (χ1v) is 6.82. The number of aliphatic carboxylic acids is 1. The molecular weight excluding hydrogens is 240 g/mol. The van der Waals surface area contributed by atoms with E-state index in [2.05, 4.69) is 9.55 Å². The Kier molecular flexibility index (Phi) is 3.01. The molecule has 1 aromatic heterocycles. The lowest BCUT2D eigenvalue weighted by Crippen LogP contribution is -2.27. The van der Waals surface area contributed by atoms with E-state index in [-0.39, 0.29) is 11.8 Å². The van der Waals surface area contributed by atoms with E-state index in [9.17, 15) is 9.90 Å². The lowest BCUT2D eigenvalue weighted by molar-refractivity contribution is -0.143. The molecule has 0 amide bonds. The highest BCUT2D eigenvalue weighted by Gasteiger charge is 2.34. The molecule has 0 spiro atoms. The zero-order valence-electron chi connectivity index (χ0n) is 11.0. The van der Waals surface area contributed by atoms with Gasteiger partial charge in [-0.3, -0.25) is 4.79 Å². The Morgan fingerprint density at radius 1 is 1.32 bits per heavy atom. The third-order valence-corrected chi connectivity index (χ3v) is 4.24. The van der Waals surface area contributed by atoms with Crippen molar-refractivity contribution in [1.82, 2.24) is 9.55 Å². The van der Waals surface area contributed by atoms with Crippen LogP contribution in [0.3, 0.4) is 0 Å². The van der Waals surface area contributed by atoms with Crippen molar-refractivity contribution in [2.24, 2.45) is 13.0 Å². The second kappa shape index (κ2) is 4.68. The van der Waals surface area contributed by atoms with Crippen LogP contribution in [0.25, 0.3) is 11.0 Å². The molecule has 0 radical (unpaired) electrons. The van der Waals surface area contributed by atoms with Gasteiger partial charge in [-0.2, -0.15) is 0 Å². The number of benzene rings is 1. The molecule has 2 atom stereocenters. The molecule has 1 saturated carbocycles.